The van der Waals surface area contributed by atoms with Crippen molar-refractivity contribution in [3.8, 4) is 5.69 Å². The molecule has 0 radical (unpaired) electrons. The number of anilines is 1. The number of hydrogen-bond acceptors (Lipinski definition) is 3. The van der Waals surface area contributed by atoms with Gasteiger partial charge in [-0.05, 0) is 24.1 Å². The van der Waals surface area contributed by atoms with Crippen molar-refractivity contribution in [2.75, 3.05) is 12.3 Å². The lowest BCUT2D eigenvalue weighted by molar-refractivity contribution is -0.128. The monoisotopic (exact) mass is 312 g/mol. The van der Waals surface area contributed by atoms with Crippen molar-refractivity contribution < 1.29 is 4.79 Å². The van der Waals surface area contributed by atoms with Gasteiger partial charge in [0.25, 0.3) is 0 Å². The van der Waals surface area contributed by atoms with Crippen molar-refractivity contribution in [3.05, 3.63) is 41.6 Å². The molecule has 2 N–H and O–H groups in total. The molecule has 122 valence electrons. The lowest BCUT2D eigenvalue weighted by Crippen LogP contribution is -2.23. The molecule has 0 atom stereocenters. The third-order valence-electron chi connectivity index (χ3n) is 4.21. The minimum absolute atomic E-state index is 0.0427. The summed E-state index contributed by atoms with van der Waals surface area (Å²) in [5.74, 6) is 0.869. The lowest BCUT2D eigenvalue weighted by atomic mass is 9.92. The summed E-state index contributed by atoms with van der Waals surface area (Å²) >= 11 is 0. The van der Waals surface area contributed by atoms with Crippen LogP contribution in [0.5, 0.6) is 0 Å². The maximum Gasteiger partial charge on any atom is 0.222 e. The van der Waals surface area contributed by atoms with E-state index in [1.807, 2.05) is 29.2 Å². The Morgan fingerprint density at radius 3 is 2.65 bits per heavy atom. The zero-order valence-electron chi connectivity index (χ0n) is 14.0. The van der Waals surface area contributed by atoms with Gasteiger partial charge < -0.3 is 10.6 Å². The highest BCUT2D eigenvalue weighted by molar-refractivity contribution is 5.78. The predicted molar refractivity (Wildman–Crippen MR) is 91.3 cm³/mol. The molecule has 3 rings (SSSR count). The Bertz CT molecular complexity index is 727. The Labute approximate surface area is 137 Å². The summed E-state index contributed by atoms with van der Waals surface area (Å²) in [7, 11) is 0. The number of nitrogens with zero attached hydrogens (tertiary/aromatic N) is 3. The SMILES string of the molecule is CC(C)(C)c1cc(N)n(-c2cccc(CN3CCCC3=O)c2)n1. The summed E-state index contributed by atoms with van der Waals surface area (Å²) in [6, 6.07) is 10.0. The fraction of sp³-hybridized carbons (Fsp3) is 0.444. The molecule has 1 amide bonds. The number of hydrogen-bond donors (Lipinski definition) is 1. The Hall–Kier alpha value is -2.30. The van der Waals surface area contributed by atoms with Crippen LogP contribution in [0.1, 0.15) is 44.9 Å². The van der Waals surface area contributed by atoms with E-state index in [1.54, 1.807) is 4.68 Å². The molecule has 23 heavy (non-hydrogen) atoms. The fourth-order valence-corrected chi connectivity index (χ4v) is 2.85. The van der Waals surface area contributed by atoms with Gasteiger partial charge in [-0.2, -0.15) is 5.10 Å². The van der Waals surface area contributed by atoms with Gasteiger partial charge in [0, 0.05) is 31.0 Å². The van der Waals surface area contributed by atoms with E-state index in [1.165, 1.54) is 0 Å². The highest BCUT2D eigenvalue weighted by Gasteiger charge is 2.21. The highest BCUT2D eigenvalue weighted by Crippen LogP contribution is 2.25. The second-order valence-corrected chi connectivity index (χ2v) is 7.20. The normalized spacial score (nSPS) is 15.4. The molecule has 1 aliphatic rings. The van der Waals surface area contributed by atoms with Gasteiger partial charge in [0.2, 0.25) is 5.91 Å². The number of likely N-dealkylation sites (tertiary alicyclic amines) is 1. The quantitative estimate of drug-likeness (QED) is 0.948. The molecule has 1 aromatic carbocycles. The van der Waals surface area contributed by atoms with Crippen molar-refractivity contribution >= 4 is 11.7 Å². The zero-order valence-corrected chi connectivity index (χ0v) is 14.0. The summed E-state index contributed by atoms with van der Waals surface area (Å²) in [5.41, 5.74) is 9.10. The first-order valence-corrected chi connectivity index (χ1v) is 8.08. The maximum atomic E-state index is 11.8. The van der Waals surface area contributed by atoms with E-state index >= 15 is 0 Å². The molecular weight excluding hydrogens is 288 g/mol. The van der Waals surface area contributed by atoms with E-state index in [4.69, 9.17) is 5.73 Å². The van der Waals surface area contributed by atoms with Crippen LogP contribution >= 0.6 is 0 Å². The predicted octanol–water partition coefficient (Wildman–Crippen LogP) is 2.87. The first kappa shape index (κ1) is 15.6. The molecule has 0 unspecified atom stereocenters. The standard InChI is InChI=1S/C18H24N4O/c1-18(2,3)15-11-16(19)22(20-15)14-7-4-6-13(10-14)12-21-9-5-8-17(21)23/h4,6-7,10-11H,5,8-9,12,19H2,1-3H3. The van der Waals surface area contributed by atoms with Gasteiger partial charge in [-0.25, -0.2) is 4.68 Å². The van der Waals surface area contributed by atoms with E-state index in [-0.39, 0.29) is 11.3 Å². The van der Waals surface area contributed by atoms with E-state index in [2.05, 4.69) is 31.9 Å². The molecular formula is C18H24N4O. The van der Waals surface area contributed by atoms with Crippen LogP contribution in [-0.2, 0) is 16.8 Å². The number of aromatic nitrogens is 2. The molecule has 2 aromatic rings. The van der Waals surface area contributed by atoms with Gasteiger partial charge in [0.1, 0.15) is 5.82 Å². The number of benzene rings is 1. The van der Waals surface area contributed by atoms with Crippen molar-refractivity contribution in [3.63, 3.8) is 0 Å². The number of amides is 1. The minimum atomic E-state index is -0.0427. The molecule has 2 heterocycles. The topological polar surface area (TPSA) is 64.2 Å². The molecule has 1 fully saturated rings. The van der Waals surface area contributed by atoms with Crippen LogP contribution in [0.15, 0.2) is 30.3 Å². The minimum Gasteiger partial charge on any atom is -0.384 e. The van der Waals surface area contributed by atoms with Crippen LogP contribution in [0.2, 0.25) is 0 Å². The second-order valence-electron chi connectivity index (χ2n) is 7.20. The summed E-state index contributed by atoms with van der Waals surface area (Å²) in [5, 5.41) is 4.65. The van der Waals surface area contributed by atoms with Crippen molar-refractivity contribution in [2.24, 2.45) is 0 Å². The third-order valence-corrected chi connectivity index (χ3v) is 4.21. The second kappa shape index (κ2) is 5.72. The first-order chi connectivity index (χ1) is 10.8. The van der Waals surface area contributed by atoms with Crippen molar-refractivity contribution in [1.82, 2.24) is 14.7 Å². The third kappa shape index (κ3) is 3.23. The van der Waals surface area contributed by atoms with E-state index in [0.29, 0.717) is 18.8 Å². The number of rotatable bonds is 3. The number of carbonyl (C=O) groups excluding carboxylic acids is 1. The largest absolute Gasteiger partial charge is 0.384 e. The van der Waals surface area contributed by atoms with Gasteiger partial charge in [-0.3, -0.25) is 4.79 Å². The molecule has 0 spiro atoms. The maximum absolute atomic E-state index is 11.8. The fourth-order valence-electron chi connectivity index (χ4n) is 2.85. The Balaban J connectivity index is 1.88. The number of carbonyl (C=O) groups is 1. The summed E-state index contributed by atoms with van der Waals surface area (Å²) in [6.45, 7) is 7.86. The average Bonchev–Trinajstić information content (AvgIpc) is 3.06. The molecule has 1 saturated heterocycles. The van der Waals surface area contributed by atoms with E-state index < -0.39 is 0 Å². The van der Waals surface area contributed by atoms with E-state index in [0.717, 1.165) is 29.9 Å². The Morgan fingerprint density at radius 2 is 2.04 bits per heavy atom. The van der Waals surface area contributed by atoms with Crippen molar-refractivity contribution in [1.29, 1.82) is 0 Å². The van der Waals surface area contributed by atoms with Gasteiger partial charge in [0.05, 0.1) is 11.4 Å². The average molecular weight is 312 g/mol. The molecule has 0 bridgehead atoms. The van der Waals surface area contributed by atoms with Gasteiger partial charge in [-0.15, -0.1) is 0 Å². The summed E-state index contributed by atoms with van der Waals surface area (Å²) in [4.78, 5) is 13.7. The molecule has 1 aromatic heterocycles. The lowest BCUT2D eigenvalue weighted by Gasteiger charge is -2.16. The van der Waals surface area contributed by atoms with Crippen LogP contribution in [0, 0.1) is 0 Å². The molecule has 0 saturated carbocycles. The van der Waals surface area contributed by atoms with Crippen LogP contribution in [0.4, 0.5) is 5.82 Å². The van der Waals surface area contributed by atoms with Crippen LogP contribution < -0.4 is 5.73 Å². The van der Waals surface area contributed by atoms with Crippen LogP contribution in [0.3, 0.4) is 0 Å². The number of nitrogen functional groups attached to an aromatic ring is 1. The molecule has 1 aliphatic heterocycles. The van der Waals surface area contributed by atoms with Crippen molar-refractivity contribution in [2.45, 2.75) is 45.6 Å². The summed E-state index contributed by atoms with van der Waals surface area (Å²) in [6.07, 6.45) is 1.63. The van der Waals surface area contributed by atoms with Crippen LogP contribution in [0.25, 0.3) is 5.69 Å². The molecule has 5 heteroatoms. The Morgan fingerprint density at radius 1 is 1.26 bits per heavy atom. The van der Waals surface area contributed by atoms with Gasteiger partial charge >= 0.3 is 0 Å². The van der Waals surface area contributed by atoms with Crippen LogP contribution in [-0.4, -0.2) is 27.1 Å². The highest BCUT2D eigenvalue weighted by atomic mass is 16.2. The van der Waals surface area contributed by atoms with Gasteiger partial charge in [-0.1, -0.05) is 32.9 Å². The van der Waals surface area contributed by atoms with E-state index in [9.17, 15) is 4.79 Å². The Kier molecular flexibility index (Phi) is 3.88. The smallest absolute Gasteiger partial charge is 0.222 e. The van der Waals surface area contributed by atoms with Gasteiger partial charge in [0.15, 0.2) is 0 Å². The molecule has 5 nitrogen and oxygen atoms in total. The molecule has 0 aliphatic carbocycles. The zero-order chi connectivity index (χ0) is 16.6. The number of nitrogens with two attached hydrogens (primary N) is 1. The summed E-state index contributed by atoms with van der Waals surface area (Å²) < 4.78 is 1.77. The first-order valence-electron chi connectivity index (χ1n) is 8.08.